The minimum absolute atomic E-state index is 0.403. The van der Waals surface area contributed by atoms with E-state index in [2.05, 4.69) is 32.0 Å². The Balaban J connectivity index is 2.11. The van der Waals surface area contributed by atoms with Crippen molar-refractivity contribution in [3.63, 3.8) is 0 Å². The van der Waals surface area contributed by atoms with E-state index in [9.17, 15) is 5.26 Å². The van der Waals surface area contributed by atoms with Crippen molar-refractivity contribution in [1.29, 1.82) is 5.26 Å². The number of hydrogen-bond acceptors (Lipinski definition) is 4. The molecule has 0 radical (unpaired) electrons. The predicted molar refractivity (Wildman–Crippen MR) is 78.5 cm³/mol. The molecule has 0 saturated heterocycles. The highest BCUT2D eigenvalue weighted by Gasteiger charge is 2.11. The van der Waals surface area contributed by atoms with Crippen molar-refractivity contribution in [1.82, 2.24) is 9.97 Å². The lowest BCUT2D eigenvalue weighted by atomic mass is 10.2. The number of ether oxygens (including phenoxy) is 1. The lowest BCUT2D eigenvalue weighted by Crippen LogP contribution is -1.92. The molecule has 2 heterocycles. The second-order valence-corrected chi connectivity index (χ2v) is 4.89. The second-order valence-electron chi connectivity index (χ2n) is 4.04. The summed E-state index contributed by atoms with van der Waals surface area (Å²) in [4.78, 5) is 8.34. The number of nitrogens with zero attached hydrogens (tertiary/aromatic N) is 3. The first-order chi connectivity index (χ1) is 9.79. The van der Waals surface area contributed by atoms with Gasteiger partial charge in [-0.3, -0.25) is 9.97 Å². The fraction of sp³-hybridized carbons (Fsp3) is 0. The number of benzene rings is 1. The number of rotatable bonds is 2. The zero-order valence-electron chi connectivity index (χ0n) is 10.2. The Morgan fingerprint density at radius 2 is 1.95 bits per heavy atom. The van der Waals surface area contributed by atoms with E-state index in [0.717, 1.165) is 10.9 Å². The number of fused-ring (bicyclic) bond motifs is 1. The molecular weight excluding hydrogens is 318 g/mol. The molecule has 0 atom stereocenters. The highest BCUT2D eigenvalue weighted by molar-refractivity contribution is 9.10. The van der Waals surface area contributed by atoms with Gasteiger partial charge >= 0.3 is 0 Å². The highest BCUT2D eigenvalue weighted by Crippen LogP contribution is 2.32. The minimum Gasteiger partial charge on any atom is -0.452 e. The van der Waals surface area contributed by atoms with Gasteiger partial charge in [0, 0.05) is 17.8 Å². The van der Waals surface area contributed by atoms with Gasteiger partial charge in [-0.15, -0.1) is 0 Å². The first-order valence-electron chi connectivity index (χ1n) is 5.85. The van der Waals surface area contributed by atoms with Gasteiger partial charge < -0.3 is 4.74 Å². The Hall–Kier alpha value is -2.45. The van der Waals surface area contributed by atoms with Crippen molar-refractivity contribution >= 4 is 26.8 Å². The van der Waals surface area contributed by atoms with E-state index < -0.39 is 0 Å². The van der Waals surface area contributed by atoms with Gasteiger partial charge in [0.1, 0.15) is 17.1 Å². The molecule has 0 N–H and O–H groups in total. The third-order valence-electron chi connectivity index (χ3n) is 2.79. The molecule has 0 aliphatic carbocycles. The number of pyridine rings is 2. The maximum Gasteiger partial charge on any atom is 0.164 e. The molecule has 0 bridgehead atoms. The van der Waals surface area contributed by atoms with Crippen LogP contribution in [0.5, 0.6) is 11.5 Å². The van der Waals surface area contributed by atoms with Gasteiger partial charge in [-0.1, -0.05) is 18.2 Å². The molecule has 20 heavy (non-hydrogen) atoms. The van der Waals surface area contributed by atoms with Gasteiger partial charge in [0.2, 0.25) is 0 Å². The minimum atomic E-state index is 0.403. The van der Waals surface area contributed by atoms with Crippen molar-refractivity contribution in [3.8, 4) is 17.6 Å². The van der Waals surface area contributed by atoms with Gasteiger partial charge in [0.05, 0.1) is 10.7 Å². The van der Waals surface area contributed by atoms with Crippen LogP contribution < -0.4 is 4.74 Å². The molecule has 3 rings (SSSR count). The molecule has 96 valence electrons. The smallest absolute Gasteiger partial charge is 0.164 e. The van der Waals surface area contributed by atoms with Crippen molar-refractivity contribution < 1.29 is 4.74 Å². The summed E-state index contributed by atoms with van der Waals surface area (Å²) in [5.74, 6) is 1.000. The summed E-state index contributed by atoms with van der Waals surface area (Å²) in [5.41, 5.74) is 1.16. The van der Waals surface area contributed by atoms with Crippen molar-refractivity contribution in [2.75, 3.05) is 0 Å². The fourth-order valence-electron chi connectivity index (χ4n) is 1.88. The van der Waals surface area contributed by atoms with E-state index in [1.165, 1.54) is 6.20 Å². The van der Waals surface area contributed by atoms with Crippen molar-refractivity contribution in [2.24, 2.45) is 0 Å². The van der Waals surface area contributed by atoms with Crippen LogP contribution in [-0.2, 0) is 0 Å². The number of hydrogen-bond donors (Lipinski definition) is 0. The molecule has 4 nitrogen and oxygen atoms in total. The molecule has 0 aliphatic rings. The SMILES string of the molecule is N#Cc1c(Br)cncc1Oc1cccc2cccnc12. The third kappa shape index (κ3) is 2.22. The molecule has 0 saturated carbocycles. The zero-order valence-corrected chi connectivity index (χ0v) is 11.8. The summed E-state index contributed by atoms with van der Waals surface area (Å²) in [7, 11) is 0. The molecule has 0 aliphatic heterocycles. The fourth-order valence-corrected chi connectivity index (χ4v) is 2.28. The van der Waals surface area contributed by atoms with Gasteiger partial charge in [0.25, 0.3) is 0 Å². The van der Waals surface area contributed by atoms with E-state index in [1.807, 2.05) is 30.3 Å². The Bertz CT molecular complexity index is 821. The van der Waals surface area contributed by atoms with E-state index in [1.54, 1.807) is 12.4 Å². The first-order valence-corrected chi connectivity index (χ1v) is 6.64. The zero-order chi connectivity index (χ0) is 13.9. The topological polar surface area (TPSA) is 58.8 Å². The van der Waals surface area contributed by atoms with Gasteiger partial charge in [-0.25, -0.2) is 0 Å². The quantitative estimate of drug-likeness (QED) is 0.713. The molecule has 0 spiro atoms. The van der Waals surface area contributed by atoms with Gasteiger partial charge in [-0.2, -0.15) is 5.26 Å². The second kappa shape index (κ2) is 5.27. The van der Waals surface area contributed by atoms with E-state index >= 15 is 0 Å². The van der Waals surface area contributed by atoms with Crippen LogP contribution in [-0.4, -0.2) is 9.97 Å². The molecular formula is C15H8BrN3O. The summed E-state index contributed by atoms with van der Waals surface area (Å²) < 4.78 is 6.42. The maximum absolute atomic E-state index is 9.19. The predicted octanol–water partition coefficient (Wildman–Crippen LogP) is 4.06. The normalized spacial score (nSPS) is 10.2. The Morgan fingerprint density at radius 3 is 2.80 bits per heavy atom. The van der Waals surface area contributed by atoms with Gasteiger partial charge in [0.15, 0.2) is 11.5 Å². The lowest BCUT2D eigenvalue weighted by Gasteiger charge is -2.09. The van der Waals surface area contributed by atoms with Crippen LogP contribution in [0.3, 0.4) is 0 Å². The summed E-state index contributed by atoms with van der Waals surface area (Å²) in [5, 5.41) is 10.2. The average Bonchev–Trinajstić information content (AvgIpc) is 2.48. The van der Waals surface area contributed by atoms with Crippen LogP contribution in [0.4, 0.5) is 0 Å². The molecule has 0 unspecified atom stereocenters. The van der Waals surface area contributed by atoms with E-state index in [-0.39, 0.29) is 0 Å². The van der Waals surface area contributed by atoms with Crippen LogP contribution in [0.25, 0.3) is 10.9 Å². The molecule has 3 aromatic rings. The van der Waals surface area contributed by atoms with Crippen molar-refractivity contribution in [2.45, 2.75) is 0 Å². The summed E-state index contributed by atoms with van der Waals surface area (Å²) >= 11 is 3.29. The molecule has 0 fully saturated rings. The van der Waals surface area contributed by atoms with Gasteiger partial charge in [-0.05, 0) is 28.1 Å². The number of halogens is 1. The first kappa shape index (κ1) is 12.6. The van der Waals surface area contributed by atoms with Crippen LogP contribution in [0, 0.1) is 11.3 Å². The number of nitriles is 1. The van der Waals surface area contributed by atoms with E-state index in [0.29, 0.717) is 21.5 Å². The number of para-hydroxylation sites is 1. The maximum atomic E-state index is 9.19. The van der Waals surface area contributed by atoms with Crippen LogP contribution in [0.2, 0.25) is 0 Å². The standard InChI is InChI=1S/C15H8BrN3O/c16-12-8-18-9-14(11(12)7-17)20-13-5-1-3-10-4-2-6-19-15(10)13/h1-6,8-9H. The monoisotopic (exact) mass is 325 g/mol. The molecule has 0 amide bonds. The van der Waals surface area contributed by atoms with Crippen LogP contribution in [0.1, 0.15) is 5.56 Å². The van der Waals surface area contributed by atoms with E-state index in [4.69, 9.17) is 4.74 Å². The summed E-state index contributed by atoms with van der Waals surface area (Å²) in [6.07, 6.45) is 4.79. The molecule has 2 aromatic heterocycles. The summed E-state index contributed by atoms with van der Waals surface area (Å²) in [6, 6.07) is 11.6. The average molecular weight is 326 g/mol. The Labute approximate surface area is 123 Å². The largest absolute Gasteiger partial charge is 0.452 e. The molecule has 5 heteroatoms. The van der Waals surface area contributed by atoms with Crippen LogP contribution in [0.15, 0.2) is 53.4 Å². The molecule has 1 aromatic carbocycles. The van der Waals surface area contributed by atoms with Crippen molar-refractivity contribution in [3.05, 3.63) is 59.0 Å². The lowest BCUT2D eigenvalue weighted by molar-refractivity contribution is 0.482. The number of aromatic nitrogens is 2. The highest BCUT2D eigenvalue weighted by atomic mass is 79.9. The summed E-state index contributed by atoms with van der Waals surface area (Å²) in [6.45, 7) is 0. The third-order valence-corrected chi connectivity index (χ3v) is 3.39. The Morgan fingerprint density at radius 1 is 1.10 bits per heavy atom. The Kier molecular flexibility index (Phi) is 3.32. The van der Waals surface area contributed by atoms with Crippen LogP contribution >= 0.6 is 15.9 Å².